The molecule has 0 spiro atoms. The fourth-order valence-corrected chi connectivity index (χ4v) is 1.80. The van der Waals surface area contributed by atoms with Crippen molar-refractivity contribution in [3.63, 3.8) is 0 Å². The molecule has 0 atom stereocenters. The average molecular weight is 235 g/mol. The van der Waals surface area contributed by atoms with Crippen molar-refractivity contribution in [1.29, 1.82) is 0 Å². The molecule has 2 N–H and O–H groups in total. The largest absolute Gasteiger partial charge is 0.466 e. The minimum atomic E-state index is -0.285. The SMILES string of the molecule is COCc1occ(-c2ccccc2F)c1CN. The molecule has 3 nitrogen and oxygen atoms in total. The highest BCUT2D eigenvalue weighted by Gasteiger charge is 2.15. The molecule has 0 saturated heterocycles. The van der Waals surface area contributed by atoms with E-state index in [0.717, 1.165) is 5.56 Å². The lowest BCUT2D eigenvalue weighted by Crippen LogP contribution is -2.01. The van der Waals surface area contributed by atoms with E-state index in [0.29, 0.717) is 30.0 Å². The molecule has 0 unspecified atom stereocenters. The van der Waals surface area contributed by atoms with Crippen molar-refractivity contribution in [3.05, 3.63) is 47.7 Å². The van der Waals surface area contributed by atoms with E-state index in [9.17, 15) is 4.39 Å². The van der Waals surface area contributed by atoms with Crippen molar-refractivity contribution in [3.8, 4) is 11.1 Å². The topological polar surface area (TPSA) is 48.4 Å². The predicted molar refractivity (Wildman–Crippen MR) is 62.7 cm³/mol. The molecule has 0 aliphatic carbocycles. The summed E-state index contributed by atoms with van der Waals surface area (Å²) in [6.07, 6.45) is 1.52. The Balaban J connectivity index is 2.49. The maximum atomic E-state index is 13.7. The van der Waals surface area contributed by atoms with Crippen molar-refractivity contribution >= 4 is 0 Å². The number of hydrogen-bond donors (Lipinski definition) is 1. The van der Waals surface area contributed by atoms with Gasteiger partial charge in [0.05, 0.1) is 6.26 Å². The van der Waals surface area contributed by atoms with Crippen LogP contribution in [-0.2, 0) is 17.9 Å². The number of methoxy groups -OCH3 is 1. The molecule has 0 amide bonds. The van der Waals surface area contributed by atoms with E-state index in [1.165, 1.54) is 12.3 Å². The molecule has 17 heavy (non-hydrogen) atoms. The summed E-state index contributed by atoms with van der Waals surface area (Å²) in [6.45, 7) is 0.625. The van der Waals surface area contributed by atoms with Gasteiger partial charge in [-0.15, -0.1) is 0 Å². The van der Waals surface area contributed by atoms with E-state index < -0.39 is 0 Å². The molecule has 0 aliphatic heterocycles. The number of furan rings is 1. The summed E-state index contributed by atoms with van der Waals surface area (Å²) in [4.78, 5) is 0. The maximum absolute atomic E-state index is 13.7. The Morgan fingerprint density at radius 1 is 1.29 bits per heavy atom. The van der Waals surface area contributed by atoms with E-state index in [2.05, 4.69) is 0 Å². The summed E-state index contributed by atoms with van der Waals surface area (Å²) in [5.41, 5.74) is 7.66. The molecule has 0 bridgehead atoms. The van der Waals surface area contributed by atoms with Crippen LogP contribution < -0.4 is 5.73 Å². The highest BCUT2D eigenvalue weighted by Crippen LogP contribution is 2.30. The van der Waals surface area contributed by atoms with E-state index in [-0.39, 0.29) is 5.82 Å². The Hall–Kier alpha value is -1.65. The summed E-state index contributed by atoms with van der Waals surface area (Å²) in [7, 11) is 1.57. The van der Waals surface area contributed by atoms with Crippen molar-refractivity contribution in [2.45, 2.75) is 13.2 Å². The Morgan fingerprint density at radius 3 is 2.71 bits per heavy atom. The van der Waals surface area contributed by atoms with Crippen LogP contribution in [0.1, 0.15) is 11.3 Å². The van der Waals surface area contributed by atoms with Crippen LogP contribution in [0.15, 0.2) is 34.9 Å². The van der Waals surface area contributed by atoms with Crippen molar-refractivity contribution in [2.75, 3.05) is 7.11 Å². The molecule has 0 radical (unpaired) electrons. The highest BCUT2D eigenvalue weighted by atomic mass is 19.1. The van der Waals surface area contributed by atoms with Crippen LogP contribution in [0, 0.1) is 5.82 Å². The van der Waals surface area contributed by atoms with E-state index >= 15 is 0 Å². The third-order valence-electron chi connectivity index (χ3n) is 2.62. The monoisotopic (exact) mass is 235 g/mol. The van der Waals surface area contributed by atoms with E-state index in [1.54, 1.807) is 25.3 Å². The molecule has 4 heteroatoms. The second-order valence-electron chi connectivity index (χ2n) is 3.67. The summed E-state index contributed by atoms with van der Waals surface area (Å²) < 4.78 is 24.0. The zero-order valence-corrected chi connectivity index (χ0v) is 9.57. The van der Waals surface area contributed by atoms with Crippen LogP contribution in [0.5, 0.6) is 0 Å². The normalized spacial score (nSPS) is 10.8. The molecule has 0 saturated carbocycles. The summed E-state index contributed by atoms with van der Waals surface area (Å²) >= 11 is 0. The number of ether oxygens (including phenoxy) is 1. The Kier molecular flexibility index (Phi) is 3.56. The molecule has 2 rings (SSSR count). The Morgan fingerprint density at radius 2 is 2.06 bits per heavy atom. The van der Waals surface area contributed by atoms with Gasteiger partial charge < -0.3 is 14.9 Å². The number of hydrogen-bond acceptors (Lipinski definition) is 3. The lowest BCUT2D eigenvalue weighted by atomic mass is 10.0. The van der Waals surface area contributed by atoms with Gasteiger partial charge in [0.2, 0.25) is 0 Å². The smallest absolute Gasteiger partial charge is 0.134 e. The third-order valence-corrected chi connectivity index (χ3v) is 2.62. The van der Waals surface area contributed by atoms with Crippen LogP contribution in [-0.4, -0.2) is 7.11 Å². The number of nitrogens with two attached hydrogens (primary N) is 1. The number of benzene rings is 1. The molecule has 1 aromatic heterocycles. The molecule has 2 aromatic rings. The second kappa shape index (κ2) is 5.12. The first-order chi connectivity index (χ1) is 8.27. The number of halogens is 1. The van der Waals surface area contributed by atoms with Crippen LogP contribution in [0.25, 0.3) is 11.1 Å². The van der Waals surface area contributed by atoms with Gasteiger partial charge in [0.1, 0.15) is 18.2 Å². The molecule has 90 valence electrons. The van der Waals surface area contributed by atoms with Gasteiger partial charge in [-0.1, -0.05) is 18.2 Å². The average Bonchev–Trinajstić information content (AvgIpc) is 2.73. The van der Waals surface area contributed by atoms with Crippen LogP contribution >= 0.6 is 0 Å². The third kappa shape index (κ3) is 2.23. The van der Waals surface area contributed by atoms with Gasteiger partial charge in [0.25, 0.3) is 0 Å². The van der Waals surface area contributed by atoms with Gasteiger partial charge in [-0.2, -0.15) is 0 Å². The number of rotatable bonds is 4. The zero-order valence-electron chi connectivity index (χ0n) is 9.57. The minimum absolute atomic E-state index is 0.285. The summed E-state index contributed by atoms with van der Waals surface area (Å²) in [6, 6.07) is 6.55. The van der Waals surface area contributed by atoms with Crippen LogP contribution in [0.3, 0.4) is 0 Å². The lowest BCUT2D eigenvalue weighted by molar-refractivity contribution is 0.163. The van der Waals surface area contributed by atoms with Crippen LogP contribution in [0.2, 0.25) is 0 Å². The maximum Gasteiger partial charge on any atom is 0.134 e. The highest BCUT2D eigenvalue weighted by molar-refractivity contribution is 5.67. The molecule has 1 aromatic carbocycles. The minimum Gasteiger partial charge on any atom is -0.466 e. The van der Waals surface area contributed by atoms with Gasteiger partial charge in [-0.3, -0.25) is 0 Å². The zero-order chi connectivity index (χ0) is 12.3. The quantitative estimate of drug-likeness (QED) is 0.886. The fraction of sp³-hybridized carbons (Fsp3) is 0.231. The van der Waals surface area contributed by atoms with Gasteiger partial charge in [0.15, 0.2) is 0 Å². The predicted octanol–water partition coefficient (Wildman–Crippen LogP) is 2.69. The second-order valence-corrected chi connectivity index (χ2v) is 3.67. The van der Waals surface area contributed by atoms with E-state index in [4.69, 9.17) is 14.9 Å². The van der Waals surface area contributed by atoms with Crippen molar-refractivity contribution < 1.29 is 13.5 Å². The van der Waals surface area contributed by atoms with Gasteiger partial charge in [-0.05, 0) is 6.07 Å². The molecule has 0 aliphatic rings. The Labute approximate surface area is 99.0 Å². The van der Waals surface area contributed by atoms with Crippen molar-refractivity contribution in [2.24, 2.45) is 5.73 Å². The first-order valence-electron chi connectivity index (χ1n) is 5.31. The molecular formula is C13H14FNO2. The molecule has 1 heterocycles. The van der Waals surface area contributed by atoms with Crippen molar-refractivity contribution in [1.82, 2.24) is 0 Å². The molecular weight excluding hydrogens is 221 g/mol. The Bertz CT molecular complexity index is 508. The van der Waals surface area contributed by atoms with E-state index in [1.807, 2.05) is 0 Å². The van der Waals surface area contributed by atoms with Gasteiger partial charge in [-0.25, -0.2) is 4.39 Å². The summed E-state index contributed by atoms with van der Waals surface area (Å²) in [5, 5.41) is 0. The fourth-order valence-electron chi connectivity index (χ4n) is 1.80. The van der Waals surface area contributed by atoms with Crippen LogP contribution in [0.4, 0.5) is 4.39 Å². The first kappa shape index (κ1) is 11.8. The lowest BCUT2D eigenvalue weighted by Gasteiger charge is -2.04. The summed E-state index contributed by atoms with van der Waals surface area (Å²) in [5.74, 6) is 0.361. The first-order valence-corrected chi connectivity index (χ1v) is 5.31. The standard InChI is InChI=1S/C13H14FNO2/c1-16-8-13-10(6-15)11(7-17-13)9-4-2-3-5-12(9)14/h2-5,7H,6,8,15H2,1H3. The van der Waals surface area contributed by atoms with Gasteiger partial charge in [0, 0.05) is 30.3 Å². The van der Waals surface area contributed by atoms with Gasteiger partial charge >= 0.3 is 0 Å². The molecule has 0 fully saturated rings.